The van der Waals surface area contributed by atoms with Crippen molar-refractivity contribution >= 4 is 22.6 Å². The number of hydrogen-bond donors (Lipinski definition) is 1. The van der Waals surface area contributed by atoms with Crippen LogP contribution < -0.4 is 0 Å². The third-order valence-corrected chi connectivity index (χ3v) is 5.09. The first-order valence-corrected chi connectivity index (χ1v) is 8.95. The van der Waals surface area contributed by atoms with Gasteiger partial charge in [0.15, 0.2) is 0 Å². The molecule has 0 aliphatic carbocycles. The second-order valence-electron chi connectivity index (χ2n) is 8.89. The van der Waals surface area contributed by atoms with Crippen LogP contribution in [-0.4, -0.2) is 19.2 Å². The Labute approximate surface area is 152 Å². The molecular formula is C20H24ClN3O. The molecule has 0 unspecified atom stereocenters. The summed E-state index contributed by atoms with van der Waals surface area (Å²) in [5, 5.41) is 11.7. The summed E-state index contributed by atoms with van der Waals surface area (Å²) in [6, 6.07) is 10.1. The van der Waals surface area contributed by atoms with Gasteiger partial charge in [-0.25, -0.2) is 0 Å². The molecule has 4 nitrogen and oxygen atoms in total. The SMILES string of the molecule is CC(C)(C)c1cc(-n2n3c4ccc(Cl)cc4n23)c(O)c(C(C)(C)C)c1. The van der Waals surface area contributed by atoms with Gasteiger partial charge >= 0.3 is 0 Å². The molecule has 5 heteroatoms. The van der Waals surface area contributed by atoms with Crippen LogP contribution in [0.3, 0.4) is 0 Å². The monoisotopic (exact) mass is 357 g/mol. The maximum absolute atomic E-state index is 11.0. The Balaban J connectivity index is 1.98. The highest BCUT2D eigenvalue weighted by atomic mass is 35.5. The van der Waals surface area contributed by atoms with E-state index in [0.29, 0.717) is 10.8 Å². The third kappa shape index (κ3) is 2.35. The van der Waals surface area contributed by atoms with Gasteiger partial charge in [-0.3, -0.25) is 0 Å². The van der Waals surface area contributed by atoms with Gasteiger partial charge in [0, 0.05) is 10.6 Å². The molecule has 2 aromatic carbocycles. The van der Waals surface area contributed by atoms with Crippen LogP contribution in [0, 0.1) is 0 Å². The van der Waals surface area contributed by atoms with E-state index >= 15 is 0 Å². The zero-order valence-electron chi connectivity index (χ0n) is 15.6. The van der Waals surface area contributed by atoms with Gasteiger partial charge in [-0.05, 0) is 40.7 Å². The first-order valence-electron chi connectivity index (χ1n) is 8.58. The predicted molar refractivity (Wildman–Crippen MR) is 103 cm³/mol. The number of fused-ring (bicyclic) bond motifs is 4. The van der Waals surface area contributed by atoms with Gasteiger partial charge < -0.3 is 5.11 Å². The molecule has 4 rings (SSSR count). The second-order valence-corrected chi connectivity index (χ2v) is 9.33. The molecule has 0 radical (unpaired) electrons. The van der Waals surface area contributed by atoms with E-state index in [9.17, 15) is 5.11 Å². The quantitative estimate of drug-likeness (QED) is 0.488. The molecule has 4 aromatic rings. The van der Waals surface area contributed by atoms with E-state index in [4.69, 9.17) is 11.6 Å². The van der Waals surface area contributed by atoms with Crippen LogP contribution in [0.25, 0.3) is 16.7 Å². The molecule has 0 saturated carbocycles. The number of aromatic hydroxyl groups is 1. The van der Waals surface area contributed by atoms with E-state index in [-0.39, 0.29) is 10.8 Å². The number of halogens is 1. The highest BCUT2D eigenvalue weighted by Gasteiger charge is 2.31. The van der Waals surface area contributed by atoms with E-state index in [2.05, 4.69) is 53.7 Å². The first kappa shape index (κ1) is 16.4. The van der Waals surface area contributed by atoms with E-state index in [1.165, 1.54) is 5.56 Å². The van der Waals surface area contributed by atoms with Gasteiger partial charge in [0.05, 0.1) is 0 Å². The van der Waals surface area contributed by atoms with Crippen molar-refractivity contribution in [1.29, 1.82) is 0 Å². The fraction of sp³-hybridized carbons (Fsp3) is 0.400. The van der Waals surface area contributed by atoms with Gasteiger partial charge in [-0.2, -0.15) is 0 Å². The maximum atomic E-state index is 11.0. The Morgan fingerprint density at radius 2 is 1.48 bits per heavy atom. The summed E-state index contributed by atoms with van der Waals surface area (Å²) in [6.45, 7) is 13.0. The molecule has 132 valence electrons. The zero-order chi connectivity index (χ0) is 18.3. The summed E-state index contributed by atoms with van der Waals surface area (Å²) in [5.41, 5.74) is 5.00. The van der Waals surface area contributed by atoms with Crippen LogP contribution in [-0.2, 0) is 10.8 Å². The fourth-order valence-electron chi connectivity index (χ4n) is 3.30. The Bertz CT molecular complexity index is 1080. The van der Waals surface area contributed by atoms with Gasteiger partial charge in [-0.1, -0.05) is 59.2 Å². The van der Waals surface area contributed by atoms with Crippen LogP contribution in [0.15, 0.2) is 30.3 Å². The van der Waals surface area contributed by atoms with Gasteiger partial charge in [0.25, 0.3) is 0 Å². The van der Waals surface area contributed by atoms with Crippen molar-refractivity contribution in [1.82, 2.24) is 14.1 Å². The summed E-state index contributed by atoms with van der Waals surface area (Å²) in [5.74, 6) is 0.340. The van der Waals surface area contributed by atoms with Crippen molar-refractivity contribution in [2.45, 2.75) is 52.4 Å². The number of benzene rings is 2. The second kappa shape index (κ2) is 4.76. The molecule has 0 saturated heterocycles. The summed E-state index contributed by atoms with van der Waals surface area (Å²) in [7, 11) is 0. The Morgan fingerprint density at radius 1 is 0.840 bits per heavy atom. The van der Waals surface area contributed by atoms with Crippen molar-refractivity contribution in [2.75, 3.05) is 0 Å². The molecule has 0 atom stereocenters. The predicted octanol–water partition coefficient (Wildman–Crippen LogP) is 5.37. The molecule has 0 aliphatic heterocycles. The van der Waals surface area contributed by atoms with Crippen LogP contribution in [0.4, 0.5) is 0 Å². The van der Waals surface area contributed by atoms with Crippen LogP contribution in [0.1, 0.15) is 52.7 Å². The molecular weight excluding hydrogens is 334 g/mol. The van der Waals surface area contributed by atoms with E-state index in [1.54, 1.807) is 0 Å². The Morgan fingerprint density at radius 3 is 2.08 bits per heavy atom. The minimum absolute atomic E-state index is 0.00165. The first-order chi connectivity index (χ1) is 11.5. The highest BCUT2D eigenvalue weighted by molar-refractivity contribution is 6.31. The van der Waals surface area contributed by atoms with E-state index in [0.717, 1.165) is 22.3 Å². The lowest BCUT2D eigenvalue weighted by molar-refractivity contribution is 0.441. The smallest absolute Gasteiger partial charge is 0.146 e. The lowest BCUT2D eigenvalue weighted by atomic mass is 9.80. The summed E-state index contributed by atoms with van der Waals surface area (Å²) < 4.78 is 4.06. The van der Waals surface area contributed by atoms with Gasteiger partial charge in [0.2, 0.25) is 0 Å². The van der Waals surface area contributed by atoms with Crippen molar-refractivity contribution in [3.63, 3.8) is 0 Å². The summed E-state index contributed by atoms with van der Waals surface area (Å²) in [4.78, 5) is 2.00. The maximum Gasteiger partial charge on any atom is 0.146 e. The van der Waals surface area contributed by atoms with Crippen molar-refractivity contribution in [3.8, 4) is 11.4 Å². The number of phenols is 1. The van der Waals surface area contributed by atoms with E-state index in [1.807, 2.05) is 32.3 Å². The Hall–Kier alpha value is -2.07. The molecule has 0 aliphatic rings. The number of phenolic OH excluding ortho intramolecular Hbond substituents is 1. The summed E-state index contributed by atoms with van der Waals surface area (Å²) >= 11 is 6.12. The van der Waals surface area contributed by atoms with Crippen molar-refractivity contribution in [2.24, 2.45) is 0 Å². The topological polar surface area (TPSA) is 34.0 Å². The Kier molecular flexibility index (Phi) is 3.12. The van der Waals surface area contributed by atoms with Crippen molar-refractivity contribution in [3.05, 3.63) is 46.5 Å². The molecule has 0 fully saturated rings. The van der Waals surface area contributed by atoms with Crippen molar-refractivity contribution < 1.29 is 5.11 Å². The van der Waals surface area contributed by atoms with Crippen LogP contribution >= 0.6 is 11.6 Å². The normalized spacial score (nSPS) is 13.6. The van der Waals surface area contributed by atoms with E-state index < -0.39 is 0 Å². The van der Waals surface area contributed by atoms with Gasteiger partial charge in [-0.15, -0.1) is 14.1 Å². The highest BCUT2D eigenvalue weighted by Crippen LogP contribution is 2.41. The number of rotatable bonds is 1. The largest absolute Gasteiger partial charge is 0.505 e. The molecule has 0 bridgehead atoms. The van der Waals surface area contributed by atoms with Gasteiger partial charge in [0.1, 0.15) is 22.5 Å². The minimum Gasteiger partial charge on any atom is -0.505 e. The lowest BCUT2D eigenvalue weighted by Crippen LogP contribution is -2.17. The van der Waals surface area contributed by atoms with Crippen LogP contribution in [0.2, 0.25) is 5.02 Å². The number of aromatic nitrogens is 3. The average Bonchev–Trinajstić information content (AvgIpc) is 3.12. The number of hydrogen-bond acceptors (Lipinski definition) is 1. The molecule has 2 aromatic heterocycles. The van der Waals surface area contributed by atoms with Crippen LogP contribution in [0.5, 0.6) is 5.75 Å². The zero-order valence-corrected chi connectivity index (χ0v) is 16.3. The number of nitrogens with zero attached hydrogens (tertiary/aromatic N) is 3. The molecule has 0 amide bonds. The summed E-state index contributed by atoms with van der Waals surface area (Å²) in [6.07, 6.45) is 0. The molecule has 2 heterocycles. The lowest BCUT2D eigenvalue weighted by Gasteiger charge is -2.26. The third-order valence-electron chi connectivity index (χ3n) is 4.86. The average molecular weight is 358 g/mol. The molecule has 1 N–H and O–H groups in total. The fourth-order valence-corrected chi connectivity index (χ4v) is 3.46. The molecule has 0 spiro atoms. The minimum atomic E-state index is -0.143. The molecule has 25 heavy (non-hydrogen) atoms. The standard InChI is InChI=1S/C20H24ClN3O/c1-19(2,3)12-9-14(20(4,5)6)18(25)17(10-12)24-22-15-8-7-13(21)11-16(15)23(22)24/h7-11,25H,1-6H3.